The molecule has 27 heavy (non-hydrogen) atoms. The van der Waals surface area contributed by atoms with E-state index in [2.05, 4.69) is 18.3 Å². The van der Waals surface area contributed by atoms with Gasteiger partial charge in [0, 0.05) is 0 Å². The first-order valence-corrected chi connectivity index (χ1v) is 9.73. The van der Waals surface area contributed by atoms with Crippen molar-refractivity contribution in [1.29, 1.82) is 5.26 Å². The highest BCUT2D eigenvalue weighted by atomic mass is 16.5. The van der Waals surface area contributed by atoms with E-state index < -0.39 is 5.41 Å². The lowest BCUT2D eigenvalue weighted by Gasteiger charge is -2.28. The van der Waals surface area contributed by atoms with Gasteiger partial charge in [0.15, 0.2) is 0 Å². The van der Waals surface area contributed by atoms with Crippen molar-refractivity contribution in [2.45, 2.75) is 50.9 Å². The van der Waals surface area contributed by atoms with Gasteiger partial charge in [-0.25, -0.2) is 0 Å². The summed E-state index contributed by atoms with van der Waals surface area (Å²) in [6.45, 7) is 2.73. The molecule has 2 aromatic rings. The molecule has 0 spiro atoms. The van der Waals surface area contributed by atoms with Crippen LogP contribution in [0.2, 0.25) is 0 Å². The Labute approximate surface area is 161 Å². The number of benzene rings is 2. The molecule has 1 saturated carbocycles. The summed E-state index contributed by atoms with van der Waals surface area (Å²) < 4.78 is 5.67. The van der Waals surface area contributed by atoms with Crippen molar-refractivity contribution < 1.29 is 9.53 Å². The largest absolute Gasteiger partial charge is 0.494 e. The highest BCUT2D eigenvalue weighted by Crippen LogP contribution is 2.42. The number of carbonyl (C=O) groups excluding carboxylic acids is 1. The van der Waals surface area contributed by atoms with Crippen molar-refractivity contribution in [3.8, 4) is 11.8 Å². The molecule has 1 aliphatic rings. The van der Waals surface area contributed by atoms with E-state index in [0.717, 1.165) is 44.1 Å². The standard InChI is InChI=1S/C23H26N2O2/c1-2-3-15-27-20-11-12-21(18(16-20)17-24)25-22(26)23(13-7-8-14-23)19-9-5-4-6-10-19/h4-6,9-12,16H,2-3,7-8,13-15H2,1H3,(H,25,26). The lowest BCUT2D eigenvalue weighted by molar-refractivity contribution is -0.121. The van der Waals surface area contributed by atoms with Gasteiger partial charge >= 0.3 is 0 Å². The molecule has 0 atom stereocenters. The second kappa shape index (κ2) is 8.73. The van der Waals surface area contributed by atoms with Crippen molar-refractivity contribution in [2.75, 3.05) is 11.9 Å². The molecule has 0 heterocycles. The molecule has 3 rings (SSSR count). The minimum absolute atomic E-state index is 0.0256. The van der Waals surface area contributed by atoms with Gasteiger partial charge in [-0.05, 0) is 43.0 Å². The van der Waals surface area contributed by atoms with Crippen LogP contribution in [0.3, 0.4) is 0 Å². The summed E-state index contributed by atoms with van der Waals surface area (Å²) in [5.41, 5.74) is 1.52. The number of nitriles is 1. The van der Waals surface area contributed by atoms with Gasteiger partial charge in [0.05, 0.1) is 23.3 Å². The zero-order chi connectivity index (χ0) is 19.1. The van der Waals surface area contributed by atoms with E-state index in [1.807, 2.05) is 36.4 Å². The van der Waals surface area contributed by atoms with Gasteiger partial charge in [-0.15, -0.1) is 0 Å². The van der Waals surface area contributed by atoms with Gasteiger partial charge in [-0.2, -0.15) is 5.26 Å². The number of hydrogen-bond acceptors (Lipinski definition) is 3. The first kappa shape index (κ1) is 19.0. The molecule has 4 heteroatoms. The number of ether oxygens (including phenoxy) is 1. The van der Waals surface area contributed by atoms with Crippen LogP contribution in [0.1, 0.15) is 56.6 Å². The summed E-state index contributed by atoms with van der Waals surface area (Å²) in [7, 11) is 0. The molecule has 1 fully saturated rings. The molecule has 4 nitrogen and oxygen atoms in total. The van der Waals surface area contributed by atoms with Crippen LogP contribution in [-0.2, 0) is 10.2 Å². The molecule has 0 radical (unpaired) electrons. The van der Waals surface area contributed by atoms with E-state index in [4.69, 9.17) is 4.74 Å². The second-order valence-electron chi connectivity index (χ2n) is 7.13. The van der Waals surface area contributed by atoms with E-state index >= 15 is 0 Å². The Morgan fingerprint density at radius 1 is 1.19 bits per heavy atom. The van der Waals surface area contributed by atoms with Gasteiger partial charge in [-0.3, -0.25) is 4.79 Å². The van der Waals surface area contributed by atoms with Crippen LogP contribution in [0.4, 0.5) is 5.69 Å². The van der Waals surface area contributed by atoms with E-state index in [9.17, 15) is 10.1 Å². The third kappa shape index (κ3) is 4.14. The van der Waals surface area contributed by atoms with Gasteiger partial charge in [0.2, 0.25) is 5.91 Å². The van der Waals surface area contributed by atoms with E-state index in [0.29, 0.717) is 23.6 Å². The number of amides is 1. The number of hydrogen-bond donors (Lipinski definition) is 1. The quantitative estimate of drug-likeness (QED) is 0.690. The highest BCUT2D eigenvalue weighted by molar-refractivity contribution is 6.00. The van der Waals surface area contributed by atoms with Crippen LogP contribution < -0.4 is 10.1 Å². The summed E-state index contributed by atoms with van der Waals surface area (Å²) in [6, 6.07) is 17.4. The van der Waals surface area contributed by atoms with Crippen LogP contribution >= 0.6 is 0 Å². The number of carbonyl (C=O) groups is 1. The molecule has 0 aliphatic heterocycles. The van der Waals surface area contributed by atoms with Crippen molar-refractivity contribution in [2.24, 2.45) is 0 Å². The third-order valence-corrected chi connectivity index (χ3v) is 5.34. The maximum atomic E-state index is 13.2. The number of unbranched alkanes of at least 4 members (excludes halogenated alkanes) is 1. The SMILES string of the molecule is CCCCOc1ccc(NC(=O)C2(c3ccccc3)CCCC2)c(C#N)c1. The highest BCUT2D eigenvalue weighted by Gasteiger charge is 2.42. The van der Waals surface area contributed by atoms with Crippen molar-refractivity contribution in [3.05, 3.63) is 59.7 Å². The molecule has 1 N–H and O–H groups in total. The predicted molar refractivity (Wildman–Crippen MR) is 107 cm³/mol. The van der Waals surface area contributed by atoms with E-state index in [1.165, 1.54) is 0 Å². The summed E-state index contributed by atoms with van der Waals surface area (Å²) in [6.07, 6.45) is 5.78. The average molecular weight is 362 g/mol. The molecule has 140 valence electrons. The predicted octanol–water partition coefficient (Wildman–Crippen LogP) is 5.19. The lowest BCUT2D eigenvalue weighted by atomic mass is 9.78. The number of rotatable bonds is 7. The average Bonchev–Trinajstić information content (AvgIpc) is 3.21. The Hall–Kier alpha value is -2.80. The van der Waals surface area contributed by atoms with Crippen LogP contribution in [-0.4, -0.2) is 12.5 Å². The minimum atomic E-state index is -0.510. The lowest BCUT2D eigenvalue weighted by Crippen LogP contribution is -2.38. The molecule has 0 saturated heterocycles. The van der Waals surface area contributed by atoms with Crippen LogP contribution in [0, 0.1) is 11.3 Å². The molecular weight excluding hydrogens is 336 g/mol. The summed E-state index contributed by atoms with van der Waals surface area (Å²) >= 11 is 0. The Kier molecular flexibility index (Phi) is 6.13. The summed E-state index contributed by atoms with van der Waals surface area (Å²) in [4.78, 5) is 13.2. The topological polar surface area (TPSA) is 62.1 Å². The maximum Gasteiger partial charge on any atom is 0.235 e. The molecule has 1 amide bonds. The number of anilines is 1. The fourth-order valence-corrected chi connectivity index (χ4v) is 3.77. The van der Waals surface area contributed by atoms with E-state index in [1.54, 1.807) is 12.1 Å². The van der Waals surface area contributed by atoms with Gasteiger partial charge in [-0.1, -0.05) is 56.5 Å². The van der Waals surface area contributed by atoms with Gasteiger partial charge in [0.1, 0.15) is 11.8 Å². The molecule has 1 aliphatic carbocycles. The first-order valence-electron chi connectivity index (χ1n) is 9.73. The van der Waals surface area contributed by atoms with Crippen LogP contribution in [0.25, 0.3) is 0 Å². The summed E-state index contributed by atoms with van der Waals surface area (Å²) in [5, 5.41) is 12.5. The van der Waals surface area contributed by atoms with Crippen molar-refractivity contribution >= 4 is 11.6 Å². The first-order chi connectivity index (χ1) is 13.2. The fraction of sp³-hybridized carbons (Fsp3) is 0.391. The number of nitrogens with one attached hydrogen (secondary N) is 1. The zero-order valence-electron chi connectivity index (χ0n) is 15.8. The smallest absolute Gasteiger partial charge is 0.235 e. The molecule has 0 aromatic heterocycles. The molecule has 0 unspecified atom stereocenters. The monoisotopic (exact) mass is 362 g/mol. The Morgan fingerprint density at radius 3 is 2.59 bits per heavy atom. The maximum absolute atomic E-state index is 13.2. The molecular formula is C23H26N2O2. The van der Waals surface area contributed by atoms with Crippen molar-refractivity contribution in [3.63, 3.8) is 0 Å². The Morgan fingerprint density at radius 2 is 1.93 bits per heavy atom. The number of nitrogens with zero attached hydrogens (tertiary/aromatic N) is 1. The van der Waals surface area contributed by atoms with Gasteiger partial charge < -0.3 is 10.1 Å². The minimum Gasteiger partial charge on any atom is -0.494 e. The normalized spacial score (nSPS) is 15.1. The third-order valence-electron chi connectivity index (χ3n) is 5.34. The Balaban J connectivity index is 1.81. The van der Waals surface area contributed by atoms with Crippen LogP contribution in [0.15, 0.2) is 48.5 Å². The fourth-order valence-electron chi connectivity index (χ4n) is 3.77. The van der Waals surface area contributed by atoms with E-state index in [-0.39, 0.29) is 5.91 Å². The summed E-state index contributed by atoms with van der Waals surface area (Å²) in [5.74, 6) is 0.638. The zero-order valence-corrected chi connectivity index (χ0v) is 15.8. The van der Waals surface area contributed by atoms with Crippen LogP contribution in [0.5, 0.6) is 5.75 Å². The molecule has 0 bridgehead atoms. The Bertz CT molecular complexity index is 818. The van der Waals surface area contributed by atoms with Gasteiger partial charge in [0.25, 0.3) is 0 Å². The second-order valence-corrected chi connectivity index (χ2v) is 7.13. The van der Waals surface area contributed by atoms with Crippen molar-refractivity contribution in [1.82, 2.24) is 0 Å². The molecule has 2 aromatic carbocycles.